The van der Waals surface area contributed by atoms with E-state index >= 15 is 0 Å². The van der Waals surface area contributed by atoms with Crippen LogP contribution in [0.1, 0.15) is 47.5 Å². The molecule has 55 nitrogen and oxygen atoms in total. The summed E-state index contributed by atoms with van der Waals surface area (Å²) < 4.78 is 99.8. The Morgan fingerprint density at radius 3 is 1.20 bits per heavy atom. The lowest BCUT2D eigenvalue weighted by atomic mass is 9.88. The molecule has 32 N–H and O–H groups in total. The maximum absolute atomic E-state index is 13.7. The summed E-state index contributed by atoms with van der Waals surface area (Å²) in [7, 11) is 0. The first kappa shape index (κ1) is 102. The van der Waals surface area contributed by atoms with Crippen LogP contribution in [0.4, 0.5) is 0 Å². The number of nitrogens with one attached hydrogen (secondary N) is 4. The van der Waals surface area contributed by atoms with Crippen LogP contribution in [-0.2, 0) is 109 Å². The Morgan fingerprint density at radius 2 is 0.724 bits per heavy atom. The zero-order valence-electron chi connectivity index (χ0n) is 66.0. The van der Waals surface area contributed by atoms with E-state index in [1.54, 1.807) is 0 Å². The lowest BCUT2D eigenvalue weighted by Gasteiger charge is -2.52. The van der Waals surface area contributed by atoms with Gasteiger partial charge in [-0.1, -0.05) is 0 Å². The molecule has 0 aromatic rings. The first-order valence-corrected chi connectivity index (χ1v) is 38.7. The van der Waals surface area contributed by atoms with Gasteiger partial charge in [0.15, 0.2) is 44.0 Å². The van der Waals surface area contributed by atoms with Crippen LogP contribution in [0, 0.1) is 0 Å². The minimum absolute atomic E-state index is 0.783. The monoisotopic (exact) mass is 1800 g/mol. The second-order valence-corrected chi connectivity index (χ2v) is 31.0. The molecule has 3 unspecified atom stereocenters. The molecule has 9 saturated heterocycles. The summed E-state index contributed by atoms with van der Waals surface area (Å²) in [4.78, 5) is 78.8. The predicted molar refractivity (Wildman–Crippen MR) is 376 cm³/mol. The number of ether oxygens (including phenoxy) is 17. The summed E-state index contributed by atoms with van der Waals surface area (Å²) in [6.07, 6.45) is -94.1. The van der Waals surface area contributed by atoms with Gasteiger partial charge in [-0.2, -0.15) is 0 Å². The number of amides is 4. The number of carboxylic acid groups (broad SMARTS) is 2. The molecule has 55 heteroatoms. The number of aliphatic hydroxyl groups excluding tert-OH is 26. The lowest BCUT2D eigenvalue weighted by molar-refractivity contribution is -0.393. The number of aliphatic hydroxyl groups is 26. The van der Waals surface area contributed by atoms with E-state index in [0.717, 1.165) is 27.7 Å². The quantitative estimate of drug-likeness (QED) is 0.0284. The minimum atomic E-state index is -3.45. The molecule has 0 bridgehead atoms. The van der Waals surface area contributed by atoms with E-state index in [4.69, 9.17) is 80.5 Å². The van der Waals surface area contributed by atoms with E-state index in [2.05, 4.69) is 21.3 Å². The van der Waals surface area contributed by atoms with E-state index in [0.29, 0.717) is 0 Å². The summed E-state index contributed by atoms with van der Waals surface area (Å²) in [5.74, 6) is -15.3. The highest BCUT2D eigenvalue weighted by molar-refractivity contribution is 5.78. The second kappa shape index (κ2) is 43.2. The predicted octanol–water partition coefficient (Wildman–Crippen LogP) is -20.6. The molecule has 9 aliphatic heterocycles. The van der Waals surface area contributed by atoms with Crippen molar-refractivity contribution in [2.75, 3.05) is 52.9 Å². The van der Waals surface area contributed by atoms with Crippen molar-refractivity contribution < 1.29 is 252 Å². The molecule has 710 valence electrons. The van der Waals surface area contributed by atoms with Crippen molar-refractivity contribution in [3.8, 4) is 0 Å². The molecule has 0 saturated carbocycles. The molecule has 0 aliphatic carbocycles. The van der Waals surface area contributed by atoms with Gasteiger partial charge >= 0.3 is 11.9 Å². The fourth-order valence-corrected chi connectivity index (χ4v) is 15.7. The van der Waals surface area contributed by atoms with Gasteiger partial charge in [0, 0.05) is 40.5 Å². The third-order valence-electron chi connectivity index (χ3n) is 22.3. The molecule has 0 aromatic carbocycles. The molecule has 9 aliphatic rings. The van der Waals surface area contributed by atoms with E-state index in [-0.39, 0.29) is 0 Å². The largest absolute Gasteiger partial charge is 0.477 e. The van der Waals surface area contributed by atoms with Crippen molar-refractivity contribution in [3.05, 3.63) is 0 Å². The first-order chi connectivity index (χ1) is 57.8. The zero-order chi connectivity index (χ0) is 91.4. The van der Waals surface area contributed by atoms with Crippen LogP contribution in [0.15, 0.2) is 0 Å². The van der Waals surface area contributed by atoms with Crippen molar-refractivity contribution in [1.82, 2.24) is 21.3 Å². The van der Waals surface area contributed by atoms with Crippen LogP contribution in [0.2, 0.25) is 0 Å². The van der Waals surface area contributed by atoms with Crippen molar-refractivity contribution >= 4 is 35.6 Å². The summed E-state index contributed by atoms with van der Waals surface area (Å²) in [6, 6.07) is -7.98. The minimum Gasteiger partial charge on any atom is -0.477 e. The van der Waals surface area contributed by atoms with E-state index in [9.17, 15) is 172 Å². The Balaban J connectivity index is 1.09. The Hall–Kier alpha value is -4.90. The van der Waals surface area contributed by atoms with Gasteiger partial charge in [-0.15, -0.1) is 0 Å². The highest BCUT2D eigenvalue weighted by atomic mass is 16.8. The van der Waals surface area contributed by atoms with Crippen LogP contribution < -0.4 is 21.3 Å². The summed E-state index contributed by atoms with van der Waals surface area (Å²) >= 11 is 0. The fourth-order valence-electron chi connectivity index (χ4n) is 15.7. The normalized spacial score (nSPS) is 46.6. The van der Waals surface area contributed by atoms with Gasteiger partial charge in [-0.3, -0.25) is 19.2 Å². The number of carbonyl (C=O) groups excluding carboxylic acids is 4. The van der Waals surface area contributed by atoms with Crippen LogP contribution >= 0.6 is 0 Å². The topological polar surface area (TPSA) is 874 Å². The Kier molecular flexibility index (Phi) is 35.8. The molecule has 4 amide bonds. The van der Waals surface area contributed by atoms with Gasteiger partial charge in [0.1, 0.15) is 201 Å². The number of hydrogen-bond acceptors (Lipinski definition) is 49. The molecule has 123 heavy (non-hydrogen) atoms. The second-order valence-electron chi connectivity index (χ2n) is 31.0. The summed E-state index contributed by atoms with van der Waals surface area (Å²) in [5, 5.41) is 321. The SMILES string of the molecule is CC(=O)N[C@H]1[C@H](OC[C@H]2O[C@@H](O[C@H]3[C@H](O)[C@@H](O)C(O)O[C@@H]3CO)[C@H](O)[C@@H](O[C@@H]3O[C@H](COC4(C(=O)O)C[C@H](O)[C@@H](NC(C)=O)[C@H]([C@H](O)[C@H](O)CO)O4)[C@@H](O)[C@H](O[C@@H]4O[C@H](CO)[C@H](O)[C@H](OC5(C(=O)O)C[C@H](O)[C@@H](NC(C)=O)[C@H]([C@H](O)[C@H](O)CO)O5)[C@H]4O)[C@H]3NC(C)=O)[C@H]2O)O[C@H](CO)[C@@H](O[C@@H]2O[C@H](CO)[C@H](O)[C@H](O[C@@H]3O[C@@H](C)[C@@H](O)[C@@H](O)[C@@H]3O)[C@H]2O)[C@@H]1O. The van der Waals surface area contributed by atoms with Gasteiger partial charge < -0.3 is 245 Å². The zero-order valence-corrected chi connectivity index (χ0v) is 66.0. The Bertz CT molecular complexity index is 3430. The Morgan fingerprint density at radius 1 is 0.358 bits per heavy atom. The fraction of sp³-hybridized carbons (Fsp3) is 0.912. The van der Waals surface area contributed by atoms with Gasteiger partial charge in [0.2, 0.25) is 23.6 Å². The highest BCUT2D eigenvalue weighted by Crippen LogP contribution is 2.43. The number of rotatable bonds is 34. The van der Waals surface area contributed by atoms with Crippen LogP contribution in [0.25, 0.3) is 0 Å². The van der Waals surface area contributed by atoms with Crippen LogP contribution in [0.5, 0.6) is 0 Å². The van der Waals surface area contributed by atoms with Gasteiger partial charge in [-0.25, -0.2) is 9.59 Å². The lowest BCUT2D eigenvalue weighted by Crippen LogP contribution is -2.72. The third kappa shape index (κ3) is 22.4. The number of carboxylic acids is 2. The van der Waals surface area contributed by atoms with Crippen LogP contribution in [-0.4, -0.2) is 519 Å². The number of carbonyl (C=O) groups is 6. The van der Waals surface area contributed by atoms with Gasteiger partial charge in [0.05, 0.1) is 83.3 Å². The van der Waals surface area contributed by atoms with Crippen molar-refractivity contribution in [2.45, 2.75) is 335 Å². The van der Waals surface area contributed by atoms with E-state index < -0.39 is 389 Å². The van der Waals surface area contributed by atoms with Crippen molar-refractivity contribution in [2.24, 2.45) is 0 Å². The molecular formula is C68H112N4O51. The van der Waals surface area contributed by atoms with E-state index in [1.807, 2.05) is 0 Å². The molecular weight excluding hydrogens is 1690 g/mol. The number of aliphatic carboxylic acids is 2. The van der Waals surface area contributed by atoms with Crippen molar-refractivity contribution in [3.63, 3.8) is 0 Å². The standard InChI is InChI=1S/C68H112N4O51/c1-16-35(87)43(95)46(98)61(109-16)120-55-38(90)25(10-75)111-62(47(55)99)116-50-28(13-78)113-59(33(42(50)94)71-19(4)81)107-14-29-41(93)56(48(100)63(115-29)117-51-27(12-77)110-58(102)45(97)44(51)96)119-60-34(72-20(5)82)52(40(92)30(114-60)15-108-67(65(103)104)6-21(83)31(69-17(2)79)53(121-67)36(88)23(85)8-73)118-64-49(101)57(39(91)26(11-76)112-64)123-68(66(105)106)7-22(84)32(70-18(3)80)54(122-68)37(89)24(86)9-74/h16,21-64,73-78,83-102H,6-15H2,1-5H3,(H,69,79)(H,70,80)(H,71,81)(H,72,82)(H,103,104)(H,105,106)/t16-,21-,22-,23+,24+,25+,26+,27+,28+,29+,30+,31+,32+,33+,34+,35+,36+,37+,38-,39-,40+,41-,42+,43+,44+,45+,46-,47+,48+,49+,50+,51+,52+,53+,54+,55-,56-,57-,58?,59+,60-,61-,62-,63-,64-,67?,68?/m0/s1. The molecule has 0 aromatic heterocycles. The molecule has 0 radical (unpaired) electrons. The third-order valence-corrected chi connectivity index (χ3v) is 22.3. The molecule has 0 spiro atoms. The molecule has 9 heterocycles. The van der Waals surface area contributed by atoms with Gasteiger partial charge in [-0.05, 0) is 6.92 Å². The molecule has 9 rings (SSSR count). The average Bonchev–Trinajstić information content (AvgIpc) is 1.18. The maximum atomic E-state index is 13.7. The summed E-state index contributed by atoms with van der Waals surface area (Å²) in [5.41, 5.74) is 0. The Labute approximate surface area is 694 Å². The number of hydrogen-bond donors (Lipinski definition) is 32. The van der Waals surface area contributed by atoms with Crippen molar-refractivity contribution in [1.29, 1.82) is 0 Å². The molecule has 47 atom stereocenters. The first-order valence-electron chi connectivity index (χ1n) is 38.7. The smallest absolute Gasteiger partial charge is 0.364 e. The summed E-state index contributed by atoms with van der Waals surface area (Å²) in [6.45, 7) is -5.26. The highest BCUT2D eigenvalue weighted by Gasteiger charge is 2.64. The maximum Gasteiger partial charge on any atom is 0.364 e. The van der Waals surface area contributed by atoms with E-state index in [1.165, 1.54) is 6.92 Å². The van der Waals surface area contributed by atoms with Gasteiger partial charge in [0.25, 0.3) is 11.6 Å². The molecule has 9 fully saturated rings. The average molecular weight is 1800 g/mol. The van der Waals surface area contributed by atoms with Crippen LogP contribution in [0.3, 0.4) is 0 Å².